The molecule has 0 aromatic rings. The molecule has 0 heterocycles. The minimum Gasteiger partial charge on any atom is -0.481 e. The SMILES string of the molecule is CCNC(=O)CC(C(=O)O)C1C=C(C)C(C(=O)O)C(C(=O)NC(C)(CC)CC)C1. The molecule has 0 aromatic heterocycles. The van der Waals surface area contributed by atoms with Crippen LogP contribution in [0.5, 0.6) is 0 Å². The van der Waals surface area contributed by atoms with Gasteiger partial charge in [0.15, 0.2) is 0 Å². The molecule has 0 fully saturated rings. The van der Waals surface area contributed by atoms with E-state index in [1.54, 1.807) is 19.9 Å². The van der Waals surface area contributed by atoms with E-state index in [1.165, 1.54) is 0 Å². The first-order valence-corrected chi connectivity index (χ1v) is 10.2. The van der Waals surface area contributed by atoms with Crippen molar-refractivity contribution in [3.05, 3.63) is 11.6 Å². The van der Waals surface area contributed by atoms with Crippen molar-refractivity contribution in [3.63, 3.8) is 0 Å². The van der Waals surface area contributed by atoms with Crippen LogP contribution in [0.1, 0.15) is 60.3 Å². The molecule has 0 radical (unpaired) electrons. The van der Waals surface area contributed by atoms with E-state index in [9.17, 15) is 29.4 Å². The fraction of sp³-hybridized carbons (Fsp3) is 0.714. The van der Waals surface area contributed by atoms with E-state index in [0.717, 1.165) is 0 Å². The summed E-state index contributed by atoms with van der Waals surface area (Å²) in [4.78, 5) is 48.7. The topological polar surface area (TPSA) is 133 Å². The van der Waals surface area contributed by atoms with Crippen molar-refractivity contribution in [3.8, 4) is 0 Å². The summed E-state index contributed by atoms with van der Waals surface area (Å²) in [6.07, 6.45) is 2.84. The first kappa shape index (κ1) is 24.7. The summed E-state index contributed by atoms with van der Waals surface area (Å²) in [5.41, 5.74) is -0.0106. The van der Waals surface area contributed by atoms with Gasteiger partial charge in [-0.05, 0) is 46.0 Å². The van der Waals surface area contributed by atoms with Crippen LogP contribution in [-0.2, 0) is 19.2 Å². The van der Waals surface area contributed by atoms with Crippen LogP contribution in [0.3, 0.4) is 0 Å². The van der Waals surface area contributed by atoms with Gasteiger partial charge in [0.1, 0.15) is 0 Å². The Balaban J connectivity index is 3.21. The Kier molecular flexibility index (Phi) is 8.85. The van der Waals surface area contributed by atoms with E-state index < -0.39 is 41.1 Å². The highest BCUT2D eigenvalue weighted by atomic mass is 16.4. The number of rotatable bonds is 10. The summed E-state index contributed by atoms with van der Waals surface area (Å²) in [6.45, 7) is 9.53. The minimum atomic E-state index is -1.13. The van der Waals surface area contributed by atoms with E-state index in [-0.39, 0.29) is 24.7 Å². The quantitative estimate of drug-likeness (QED) is 0.408. The maximum Gasteiger partial charge on any atom is 0.311 e. The molecular weight excluding hydrogens is 376 g/mol. The molecule has 0 spiro atoms. The number of carboxylic acid groups (broad SMARTS) is 2. The molecule has 4 N–H and O–H groups in total. The second-order valence-electron chi connectivity index (χ2n) is 8.09. The molecule has 8 nitrogen and oxygen atoms in total. The molecule has 0 aromatic carbocycles. The van der Waals surface area contributed by atoms with Gasteiger partial charge in [-0.2, -0.15) is 0 Å². The Morgan fingerprint density at radius 3 is 2.21 bits per heavy atom. The highest BCUT2D eigenvalue weighted by Crippen LogP contribution is 2.39. The Morgan fingerprint density at radius 2 is 1.76 bits per heavy atom. The van der Waals surface area contributed by atoms with Gasteiger partial charge in [0.25, 0.3) is 0 Å². The van der Waals surface area contributed by atoms with E-state index in [4.69, 9.17) is 0 Å². The van der Waals surface area contributed by atoms with Crippen LogP contribution in [0.15, 0.2) is 11.6 Å². The molecule has 8 heteroatoms. The van der Waals surface area contributed by atoms with Gasteiger partial charge in [-0.3, -0.25) is 19.2 Å². The molecule has 4 atom stereocenters. The average Bonchev–Trinajstić information content (AvgIpc) is 2.64. The normalized spacial score (nSPS) is 22.9. The summed E-state index contributed by atoms with van der Waals surface area (Å²) in [7, 11) is 0. The fourth-order valence-corrected chi connectivity index (χ4v) is 3.87. The number of carboxylic acids is 2. The van der Waals surface area contributed by atoms with Gasteiger partial charge in [-0.1, -0.05) is 25.5 Å². The first-order valence-electron chi connectivity index (χ1n) is 10.2. The first-order chi connectivity index (χ1) is 13.5. The van der Waals surface area contributed by atoms with Gasteiger partial charge in [-0.15, -0.1) is 0 Å². The molecule has 0 saturated heterocycles. The van der Waals surface area contributed by atoms with E-state index in [0.29, 0.717) is 25.0 Å². The highest BCUT2D eigenvalue weighted by Gasteiger charge is 2.44. The molecule has 1 aliphatic carbocycles. The lowest BCUT2D eigenvalue weighted by Gasteiger charge is -2.37. The van der Waals surface area contributed by atoms with E-state index in [1.807, 2.05) is 20.8 Å². The maximum atomic E-state index is 13.0. The molecule has 1 aliphatic rings. The van der Waals surface area contributed by atoms with Crippen LogP contribution in [0.2, 0.25) is 0 Å². The van der Waals surface area contributed by atoms with Crippen molar-refractivity contribution >= 4 is 23.8 Å². The van der Waals surface area contributed by atoms with Crippen LogP contribution in [-0.4, -0.2) is 46.0 Å². The Labute approximate surface area is 172 Å². The van der Waals surface area contributed by atoms with Crippen molar-refractivity contribution in [2.24, 2.45) is 23.7 Å². The lowest BCUT2D eigenvalue weighted by Crippen LogP contribution is -2.51. The minimum absolute atomic E-state index is 0.0695. The third kappa shape index (κ3) is 6.30. The molecule has 0 saturated carbocycles. The number of hydrogen-bond donors (Lipinski definition) is 4. The standard InChI is InChI=1S/C21H34N2O6/c1-6-21(5,7-2)23-18(25)15-10-13(9-12(4)17(15)20(28)29)14(19(26)27)11-16(24)22-8-3/h9,13-15,17H,6-8,10-11H2,1-5H3,(H,22,24)(H,23,25)(H,26,27)(H,28,29). The van der Waals surface area contributed by atoms with Crippen LogP contribution < -0.4 is 10.6 Å². The van der Waals surface area contributed by atoms with Crippen molar-refractivity contribution < 1.29 is 29.4 Å². The Morgan fingerprint density at radius 1 is 1.17 bits per heavy atom. The van der Waals surface area contributed by atoms with Gasteiger partial charge in [0, 0.05) is 18.5 Å². The van der Waals surface area contributed by atoms with E-state index in [2.05, 4.69) is 10.6 Å². The number of nitrogens with one attached hydrogen (secondary N) is 2. The molecule has 29 heavy (non-hydrogen) atoms. The van der Waals surface area contributed by atoms with Crippen molar-refractivity contribution in [2.75, 3.05) is 6.54 Å². The summed E-state index contributed by atoms with van der Waals surface area (Å²) in [6, 6.07) is 0. The zero-order valence-corrected chi connectivity index (χ0v) is 17.9. The Bertz CT molecular complexity index is 668. The molecule has 0 bridgehead atoms. The molecule has 2 amide bonds. The zero-order valence-electron chi connectivity index (χ0n) is 17.9. The average molecular weight is 411 g/mol. The molecule has 164 valence electrons. The number of aliphatic carboxylic acids is 2. The number of hydrogen-bond acceptors (Lipinski definition) is 4. The predicted octanol–water partition coefficient (Wildman–Crippen LogP) is 2.19. The number of allylic oxidation sites excluding steroid dienone is 1. The van der Waals surface area contributed by atoms with Gasteiger partial charge >= 0.3 is 11.9 Å². The second-order valence-corrected chi connectivity index (χ2v) is 8.09. The van der Waals surface area contributed by atoms with Crippen molar-refractivity contribution in [1.82, 2.24) is 10.6 Å². The van der Waals surface area contributed by atoms with Crippen LogP contribution in [0.25, 0.3) is 0 Å². The lowest BCUT2D eigenvalue weighted by molar-refractivity contribution is -0.149. The largest absolute Gasteiger partial charge is 0.481 e. The summed E-state index contributed by atoms with van der Waals surface area (Å²) in [5.74, 6) is -6.53. The van der Waals surface area contributed by atoms with Crippen LogP contribution in [0.4, 0.5) is 0 Å². The van der Waals surface area contributed by atoms with Crippen LogP contribution >= 0.6 is 0 Å². The zero-order chi connectivity index (χ0) is 22.4. The highest BCUT2D eigenvalue weighted by molar-refractivity contribution is 5.88. The van der Waals surface area contributed by atoms with Crippen LogP contribution in [0, 0.1) is 23.7 Å². The number of carbonyl (C=O) groups is 4. The summed E-state index contributed by atoms with van der Waals surface area (Å²) < 4.78 is 0. The fourth-order valence-electron chi connectivity index (χ4n) is 3.87. The van der Waals surface area contributed by atoms with E-state index >= 15 is 0 Å². The molecular formula is C21H34N2O6. The predicted molar refractivity (Wildman–Crippen MR) is 108 cm³/mol. The monoisotopic (exact) mass is 410 g/mol. The number of amides is 2. The Hall–Kier alpha value is -2.38. The van der Waals surface area contributed by atoms with Gasteiger partial charge < -0.3 is 20.8 Å². The van der Waals surface area contributed by atoms with Gasteiger partial charge in [0.05, 0.1) is 17.8 Å². The smallest absolute Gasteiger partial charge is 0.311 e. The summed E-state index contributed by atoms with van der Waals surface area (Å²) in [5, 5.41) is 24.9. The van der Waals surface area contributed by atoms with Gasteiger partial charge in [0.2, 0.25) is 11.8 Å². The summed E-state index contributed by atoms with van der Waals surface area (Å²) >= 11 is 0. The second kappa shape index (κ2) is 10.4. The maximum absolute atomic E-state index is 13.0. The third-order valence-corrected chi connectivity index (χ3v) is 6.10. The third-order valence-electron chi connectivity index (χ3n) is 6.10. The van der Waals surface area contributed by atoms with Gasteiger partial charge in [-0.25, -0.2) is 0 Å². The molecule has 0 aliphatic heterocycles. The van der Waals surface area contributed by atoms with Crippen molar-refractivity contribution in [2.45, 2.75) is 65.8 Å². The van der Waals surface area contributed by atoms with Crippen molar-refractivity contribution in [1.29, 1.82) is 0 Å². The molecule has 1 rings (SSSR count). The number of carbonyl (C=O) groups excluding carboxylic acids is 2. The molecule has 4 unspecified atom stereocenters. The lowest BCUT2D eigenvalue weighted by atomic mass is 9.69.